The Balaban J connectivity index is 2.60. The van der Waals surface area contributed by atoms with E-state index in [1.807, 2.05) is 0 Å². The fourth-order valence-corrected chi connectivity index (χ4v) is 2.10. The third-order valence-corrected chi connectivity index (χ3v) is 3.28. The normalized spacial score (nSPS) is 31.6. The van der Waals surface area contributed by atoms with E-state index >= 15 is 0 Å². The molecule has 0 bridgehead atoms. The minimum absolute atomic E-state index is 0.0907. The molecule has 1 aliphatic heterocycles. The molecule has 2 amide bonds. The van der Waals surface area contributed by atoms with Crippen molar-refractivity contribution in [2.75, 3.05) is 19.8 Å². The number of carbonyl (C=O) groups is 2. The molecule has 5 unspecified atom stereocenters. The fraction of sp³-hybridized carbons (Fsp3) is 0.846. The lowest BCUT2D eigenvalue weighted by Crippen LogP contribution is -2.64. The van der Waals surface area contributed by atoms with Crippen LogP contribution >= 0.6 is 0 Å². The van der Waals surface area contributed by atoms with Crippen LogP contribution in [0.3, 0.4) is 0 Å². The van der Waals surface area contributed by atoms with Crippen molar-refractivity contribution in [3.8, 4) is 0 Å². The summed E-state index contributed by atoms with van der Waals surface area (Å²) in [5.74, 6) is -0.551. The zero-order valence-corrected chi connectivity index (χ0v) is 12.7. The van der Waals surface area contributed by atoms with Crippen molar-refractivity contribution in [3.05, 3.63) is 0 Å². The molecule has 0 saturated carbocycles. The minimum Gasteiger partial charge on any atom is -0.394 e. The number of carbonyl (C=O) groups excluding carboxylic acids is 2. The summed E-state index contributed by atoms with van der Waals surface area (Å²) in [6.07, 6.45) is -4.40. The van der Waals surface area contributed by atoms with Gasteiger partial charge in [0.25, 0.3) is 0 Å². The maximum absolute atomic E-state index is 11.2. The summed E-state index contributed by atoms with van der Waals surface area (Å²) in [6, 6.07) is -0.975. The number of rotatable bonds is 7. The third kappa shape index (κ3) is 5.18. The SMILES string of the molecule is CCC(=O)NCCOC1OC(CO)C(O)C(O)C1NC(C)=O. The average molecular weight is 320 g/mol. The highest BCUT2D eigenvalue weighted by Gasteiger charge is 2.45. The van der Waals surface area contributed by atoms with Crippen molar-refractivity contribution in [3.63, 3.8) is 0 Å². The van der Waals surface area contributed by atoms with Crippen molar-refractivity contribution in [2.45, 2.75) is 50.9 Å². The molecule has 0 aromatic carbocycles. The van der Waals surface area contributed by atoms with Gasteiger partial charge >= 0.3 is 0 Å². The van der Waals surface area contributed by atoms with Crippen LogP contribution in [0.5, 0.6) is 0 Å². The van der Waals surface area contributed by atoms with Gasteiger partial charge in [-0.05, 0) is 0 Å². The molecule has 9 nitrogen and oxygen atoms in total. The molecule has 0 radical (unpaired) electrons. The lowest BCUT2D eigenvalue weighted by Gasteiger charge is -2.42. The third-order valence-electron chi connectivity index (χ3n) is 3.28. The summed E-state index contributed by atoms with van der Waals surface area (Å²) < 4.78 is 10.8. The van der Waals surface area contributed by atoms with Crippen LogP contribution in [-0.2, 0) is 19.1 Å². The van der Waals surface area contributed by atoms with Gasteiger partial charge in [0.15, 0.2) is 6.29 Å². The summed E-state index contributed by atoms with van der Waals surface area (Å²) in [5, 5.41) is 34.1. The number of amides is 2. The van der Waals surface area contributed by atoms with Crippen LogP contribution in [0.4, 0.5) is 0 Å². The van der Waals surface area contributed by atoms with Crippen LogP contribution in [0.2, 0.25) is 0 Å². The summed E-state index contributed by atoms with van der Waals surface area (Å²) >= 11 is 0. The first-order valence-corrected chi connectivity index (χ1v) is 7.18. The minimum atomic E-state index is -1.35. The zero-order valence-electron chi connectivity index (χ0n) is 12.7. The summed E-state index contributed by atoms with van der Waals surface area (Å²) in [7, 11) is 0. The number of aliphatic hydroxyl groups excluding tert-OH is 3. The van der Waals surface area contributed by atoms with Gasteiger partial charge in [-0.25, -0.2) is 0 Å². The van der Waals surface area contributed by atoms with Gasteiger partial charge in [-0.2, -0.15) is 0 Å². The molecule has 1 fully saturated rings. The number of ether oxygens (including phenoxy) is 2. The number of nitrogens with one attached hydrogen (secondary N) is 2. The second-order valence-corrected chi connectivity index (χ2v) is 5.01. The molecule has 5 N–H and O–H groups in total. The van der Waals surface area contributed by atoms with E-state index in [0.29, 0.717) is 6.42 Å². The predicted molar refractivity (Wildman–Crippen MR) is 74.6 cm³/mol. The number of hydrogen-bond acceptors (Lipinski definition) is 7. The quantitative estimate of drug-likeness (QED) is 0.326. The lowest BCUT2D eigenvalue weighted by atomic mass is 9.97. The number of hydrogen-bond donors (Lipinski definition) is 5. The molecular formula is C13H24N2O7. The molecule has 0 aromatic heterocycles. The van der Waals surface area contributed by atoms with Crippen LogP contribution in [-0.4, -0.2) is 77.5 Å². The van der Waals surface area contributed by atoms with Gasteiger partial charge in [0.05, 0.1) is 13.2 Å². The summed E-state index contributed by atoms with van der Waals surface area (Å²) in [4.78, 5) is 22.3. The highest BCUT2D eigenvalue weighted by molar-refractivity contribution is 5.75. The van der Waals surface area contributed by atoms with Crippen molar-refractivity contribution >= 4 is 11.8 Å². The van der Waals surface area contributed by atoms with Gasteiger partial charge in [0.2, 0.25) is 11.8 Å². The molecule has 1 aliphatic rings. The maximum atomic E-state index is 11.2. The summed E-state index contributed by atoms with van der Waals surface area (Å²) in [5.41, 5.74) is 0. The molecule has 9 heteroatoms. The molecule has 1 rings (SSSR count). The molecule has 0 spiro atoms. The second kappa shape index (κ2) is 9.01. The highest BCUT2D eigenvalue weighted by Crippen LogP contribution is 2.22. The molecule has 5 atom stereocenters. The fourth-order valence-electron chi connectivity index (χ4n) is 2.10. The van der Waals surface area contributed by atoms with Crippen LogP contribution in [0, 0.1) is 0 Å². The van der Waals surface area contributed by atoms with Gasteiger partial charge in [-0.3, -0.25) is 9.59 Å². The average Bonchev–Trinajstić information content (AvgIpc) is 2.49. The highest BCUT2D eigenvalue weighted by atomic mass is 16.7. The van der Waals surface area contributed by atoms with E-state index in [1.165, 1.54) is 6.92 Å². The van der Waals surface area contributed by atoms with E-state index in [1.54, 1.807) is 6.92 Å². The van der Waals surface area contributed by atoms with Gasteiger partial charge in [0, 0.05) is 19.9 Å². The monoisotopic (exact) mass is 320 g/mol. The Morgan fingerprint density at radius 2 is 1.95 bits per heavy atom. The van der Waals surface area contributed by atoms with Gasteiger partial charge in [-0.1, -0.05) is 6.92 Å². The molecule has 0 aliphatic carbocycles. The van der Waals surface area contributed by atoms with Crippen molar-refractivity contribution in [2.24, 2.45) is 0 Å². The second-order valence-electron chi connectivity index (χ2n) is 5.01. The maximum Gasteiger partial charge on any atom is 0.219 e. The standard InChI is InChI=1S/C13H24N2O7/c1-3-9(18)14-4-5-21-13-10(15-7(2)17)12(20)11(19)8(6-16)22-13/h8,10-13,16,19-20H,3-6H2,1-2H3,(H,14,18)(H,15,17). The van der Waals surface area contributed by atoms with Crippen LogP contribution in [0.1, 0.15) is 20.3 Å². The van der Waals surface area contributed by atoms with Crippen molar-refractivity contribution in [1.29, 1.82) is 0 Å². The smallest absolute Gasteiger partial charge is 0.219 e. The van der Waals surface area contributed by atoms with Crippen LogP contribution in [0.15, 0.2) is 0 Å². The van der Waals surface area contributed by atoms with Gasteiger partial charge in [0.1, 0.15) is 24.4 Å². The Hall–Kier alpha value is -1.26. The lowest BCUT2D eigenvalue weighted by molar-refractivity contribution is -0.269. The molecule has 22 heavy (non-hydrogen) atoms. The molecule has 0 aromatic rings. The van der Waals surface area contributed by atoms with Crippen molar-refractivity contribution < 1.29 is 34.4 Å². The van der Waals surface area contributed by atoms with E-state index in [9.17, 15) is 19.8 Å². The van der Waals surface area contributed by atoms with E-state index in [0.717, 1.165) is 0 Å². The molecule has 128 valence electrons. The topological polar surface area (TPSA) is 137 Å². The first-order valence-electron chi connectivity index (χ1n) is 7.18. The molecular weight excluding hydrogens is 296 g/mol. The Morgan fingerprint density at radius 1 is 1.27 bits per heavy atom. The number of aliphatic hydroxyl groups is 3. The van der Waals surface area contributed by atoms with E-state index in [4.69, 9.17) is 14.6 Å². The van der Waals surface area contributed by atoms with Crippen molar-refractivity contribution in [1.82, 2.24) is 10.6 Å². The Kier molecular flexibility index (Phi) is 7.69. The molecule has 1 saturated heterocycles. The van der Waals surface area contributed by atoms with E-state index in [-0.39, 0.29) is 19.1 Å². The first kappa shape index (κ1) is 18.8. The van der Waals surface area contributed by atoms with Crippen LogP contribution in [0.25, 0.3) is 0 Å². The molecule has 1 heterocycles. The van der Waals surface area contributed by atoms with Gasteiger partial charge in [-0.15, -0.1) is 0 Å². The van der Waals surface area contributed by atoms with Crippen LogP contribution < -0.4 is 10.6 Å². The van der Waals surface area contributed by atoms with E-state index < -0.39 is 43.2 Å². The summed E-state index contributed by atoms with van der Waals surface area (Å²) in [6.45, 7) is 2.80. The Morgan fingerprint density at radius 3 is 2.50 bits per heavy atom. The zero-order chi connectivity index (χ0) is 16.7. The predicted octanol–water partition coefficient (Wildman–Crippen LogP) is -2.53. The Labute approximate surface area is 128 Å². The first-order chi connectivity index (χ1) is 10.4. The largest absolute Gasteiger partial charge is 0.394 e. The van der Waals surface area contributed by atoms with Gasteiger partial charge < -0.3 is 35.4 Å². The Bertz CT molecular complexity index is 379. The van der Waals surface area contributed by atoms with E-state index in [2.05, 4.69) is 10.6 Å².